The summed E-state index contributed by atoms with van der Waals surface area (Å²) >= 11 is 1.43. The van der Waals surface area contributed by atoms with Gasteiger partial charge in [0.1, 0.15) is 5.76 Å². The molecule has 6 rings (SSSR count). The lowest BCUT2D eigenvalue weighted by Gasteiger charge is -2.00. The molecule has 1 aliphatic carbocycles. The summed E-state index contributed by atoms with van der Waals surface area (Å²) in [6, 6.07) is 16.7. The molecule has 0 spiro atoms. The average molecular weight is 397 g/mol. The summed E-state index contributed by atoms with van der Waals surface area (Å²) in [4.78, 5) is 30.1. The van der Waals surface area contributed by atoms with Crippen LogP contribution in [-0.4, -0.2) is 16.6 Å². The van der Waals surface area contributed by atoms with Gasteiger partial charge in [-0.25, -0.2) is 0 Å². The van der Waals surface area contributed by atoms with Crippen LogP contribution in [0.5, 0.6) is 0 Å². The van der Waals surface area contributed by atoms with E-state index in [2.05, 4.69) is 4.98 Å². The molecule has 5 aromatic rings. The maximum Gasteiger partial charge on any atom is 0.238 e. The topological polar surface area (TPSA) is 73.3 Å². The standard InChI is InChI=1S/C23H11NO4S/c25-20-15-8-12-4-1-2-5-13(12)9-16(15)21(26)17(20)10-14-11-19-22(28-14)24-23(29-19)18-6-3-7-27-18/h1-11H. The zero-order chi connectivity index (χ0) is 19.5. The van der Waals surface area contributed by atoms with Crippen molar-refractivity contribution < 1.29 is 18.4 Å². The van der Waals surface area contributed by atoms with Crippen LogP contribution in [0.25, 0.3) is 38.0 Å². The minimum absolute atomic E-state index is 0.114. The normalized spacial score (nSPS) is 13.6. The molecule has 0 amide bonds. The highest BCUT2D eigenvalue weighted by Gasteiger charge is 2.33. The number of Topliss-reactive ketones (excluding diaryl/α,β-unsaturated/α-hetero) is 2. The lowest BCUT2D eigenvalue weighted by molar-refractivity contribution is 0.0990. The van der Waals surface area contributed by atoms with Gasteiger partial charge < -0.3 is 8.83 Å². The number of benzene rings is 2. The van der Waals surface area contributed by atoms with Crippen LogP contribution in [-0.2, 0) is 0 Å². The smallest absolute Gasteiger partial charge is 0.238 e. The highest BCUT2D eigenvalue weighted by atomic mass is 32.1. The summed E-state index contributed by atoms with van der Waals surface area (Å²) in [6.45, 7) is 0. The third-order valence-electron chi connectivity index (χ3n) is 4.99. The SMILES string of the molecule is O=C1C(=Cc2cc3sc(-c4ccco4)nc3o2)C(=O)c2cc3ccccc3cc21. The number of rotatable bonds is 2. The molecule has 0 bridgehead atoms. The van der Waals surface area contributed by atoms with Gasteiger partial charge in [0.2, 0.25) is 5.71 Å². The van der Waals surface area contributed by atoms with Crippen LogP contribution in [0.2, 0.25) is 0 Å². The predicted molar refractivity (Wildman–Crippen MR) is 110 cm³/mol. The van der Waals surface area contributed by atoms with E-state index >= 15 is 0 Å². The zero-order valence-corrected chi connectivity index (χ0v) is 15.7. The molecule has 3 heterocycles. The molecule has 0 unspecified atom stereocenters. The molecule has 0 aliphatic heterocycles. The van der Waals surface area contributed by atoms with Crippen LogP contribution in [0.15, 0.2) is 75.3 Å². The highest BCUT2D eigenvalue weighted by molar-refractivity contribution is 7.21. The maximum absolute atomic E-state index is 12.9. The van der Waals surface area contributed by atoms with Crippen LogP contribution < -0.4 is 0 Å². The van der Waals surface area contributed by atoms with Crippen LogP contribution >= 0.6 is 11.3 Å². The van der Waals surface area contributed by atoms with Crippen molar-refractivity contribution >= 4 is 50.2 Å². The largest absolute Gasteiger partial charge is 0.462 e. The molecule has 29 heavy (non-hydrogen) atoms. The Balaban J connectivity index is 1.41. The Labute approximate surface area is 167 Å². The van der Waals surface area contributed by atoms with Gasteiger partial charge in [0.05, 0.1) is 16.5 Å². The summed E-state index contributed by atoms with van der Waals surface area (Å²) in [5, 5.41) is 2.58. The Kier molecular flexibility index (Phi) is 3.28. The fourth-order valence-corrected chi connectivity index (χ4v) is 4.52. The predicted octanol–water partition coefficient (Wildman–Crippen LogP) is 5.77. The number of carbonyl (C=O) groups is 2. The number of aromatic nitrogens is 1. The van der Waals surface area contributed by atoms with E-state index in [0.717, 1.165) is 20.5 Å². The average Bonchev–Trinajstić information content (AvgIpc) is 3.48. The highest BCUT2D eigenvalue weighted by Crippen LogP contribution is 2.35. The number of nitrogens with zero attached hydrogens (tertiary/aromatic N) is 1. The van der Waals surface area contributed by atoms with Gasteiger partial charge in [-0.1, -0.05) is 24.3 Å². The lowest BCUT2D eigenvalue weighted by Crippen LogP contribution is -1.99. The van der Waals surface area contributed by atoms with Crippen molar-refractivity contribution in [2.75, 3.05) is 0 Å². The fraction of sp³-hybridized carbons (Fsp3) is 0. The van der Waals surface area contributed by atoms with Gasteiger partial charge in [0, 0.05) is 17.2 Å². The summed E-state index contributed by atoms with van der Waals surface area (Å²) in [6.07, 6.45) is 3.10. The molecular weight excluding hydrogens is 386 g/mol. The first-order valence-electron chi connectivity index (χ1n) is 8.95. The number of hydrogen-bond acceptors (Lipinski definition) is 6. The third-order valence-corrected chi connectivity index (χ3v) is 5.99. The van der Waals surface area contributed by atoms with Gasteiger partial charge in [-0.15, -0.1) is 11.3 Å². The van der Waals surface area contributed by atoms with Gasteiger partial charge in [-0.05, 0) is 41.1 Å². The number of ketones is 2. The second kappa shape index (κ2) is 5.86. The number of hydrogen-bond donors (Lipinski definition) is 0. The molecule has 0 saturated heterocycles. The minimum Gasteiger partial charge on any atom is -0.462 e. The quantitative estimate of drug-likeness (QED) is 0.279. The molecule has 3 aromatic heterocycles. The molecule has 6 heteroatoms. The van der Waals surface area contributed by atoms with Gasteiger partial charge in [0.25, 0.3) is 0 Å². The molecule has 2 aromatic carbocycles. The summed E-state index contributed by atoms with van der Waals surface area (Å²) in [5.41, 5.74) is 1.44. The van der Waals surface area contributed by atoms with Gasteiger partial charge >= 0.3 is 0 Å². The first-order valence-corrected chi connectivity index (χ1v) is 9.77. The number of carbonyl (C=O) groups excluding carboxylic acids is 2. The molecule has 0 radical (unpaired) electrons. The lowest BCUT2D eigenvalue weighted by atomic mass is 10.0. The Morgan fingerprint density at radius 1 is 0.897 bits per heavy atom. The number of fused-ring (bicyclic) bond motifs is 3. The molecule has 5 nitrogen and oxygen atoms in total. The number of allylic oxidation sites excluding steroid dienone is 1. The minimum atomic E-state index is -0.278. The van der Waals surface area contributed by atoms with Gasteiger partial charge in [-0.2, -0.15) is 4.98 Å². The molecule has 0 saturated carbocycles. The van der Waals surface area contributed by atoms with E-state index in [-0.39, 0.29) is 17.1 Å². The molecule has 0 atom stereocenters. The molecule has 0 fully saturated rings. The van der Waals surface area contributed by atoms with Gasteiger partial charge in [-0.3, -0.25) is 9.59 Å². The van der Waals surface area contributed by atoms with Gasteiger partial charge in [0.15, 0.2) is 22.3 Å². The summed E-state index contributed by atoms with van der Waals surface area (Å²) in [7, 11) is 0. The fourth-order valence-electron chi connectivity index (χ4n) is 3.61. The second-order valence-corrected chi connectivity index (χ2v) is 7.81. The van der Waals surface area contributed by atoms with E-state index in [9.17, 15) is 9.59 Å². The first-order chi connectivity index (χ1) is 14.2. The van der Waals surface area contributed by atoms with E-state index in [1.807, 2.05) is 30.3 Å². The van der Waals surface area contributed by atoms with Crippen molar-refractivity contribution in [2.24, 2.45) is 0 Å². The molecule has 1 aliphatic rings. The number of thiazole rings is 1. The second-order valence-electron chi connectivity index (χ2n) is 6.78. The van der Waals surface area contributed by atoms with Crippen molar-refractivity contribution in [1.29, 1.82) is 0 Å². The van der Waals surface area contributed by atoms with Crippen molar-refractivity contribution in [3.05, 3.63) is 83.3 Å². The molecular formula is C23H11NO4S. The van der Waals surface area contributed by atoms with E-state index in [1.54, 1.807) is 30.5 Å². The number of furan rings is 2. The van der Waals surface area contributed by atoms with Crippen molar-refractivity contribution in [2.45, 2.75) is 0 Å². The Bertz CT molecular complexity index is 1400. The third kappa shape index (κ3) is 2.43. The van der Waals surface area contributed by atoms with E-state index in [4.69, 9.17) is 8.83 Å². The Morgan fingerprint density at radius 2 is 1.62 bits per heavy atom. The van der Waals surface area contributed by atoms with Crippen molar-refractivity contribution in [3.63, 3.8) is 0 Å². The Hall–Kier alpha value is -3.77. The molecule has 0 N–H and O–H groups in total. The zero-order valence-electron chi connectivity index (χ0n) is 14.8. The van der Waals surface area contributed by atoms with Crippen molar-refractivity contribution in [3.8, 4) is 10.8 Å². The van der Waals surface area contributed by atoms with Crippen LogP contribution in [0.4, 0.5) is 0 Å². The van der Waals surface area contributed by atoms with Crippen LogP contribution in [0.3, 0.4) is 0 Å². The Morgan fingerprint density at radius 3 is 2.24 bits per heavy atom. The summed E-state index contributed by atoms with van der Waals surface area (Å²) < 4.78 is 11.9. The van der Waals surface area contributed by atoms with Crippen LogP contribution in [0, 0.1) is 0 Å². The van der Waals surface area contributed by atoms with E-state index in [1.165, 1.54) is 17.4 Å². The van der Waals surface area contributed by atoms with E-state index in [0.29, 0.717) is 28.4 Å². The van der Waals surface area contributed by atoms with E-state index < -0.39 is 0 Å². The van der Waals surface area contributed by atoms with Crippen LogP contribution in [0.1, 0.15) is 26.5 Å². The summed E-state index contributed by atoms with van der Waals surface area (Å²) in [5.74, 6) is 0.545. The monoisotopic (exact) mass is 397 g/mol. The van der Waals surface area contributed by atoms with Crippen molar-refractivity contribution in [1.82, 2.24) is 4.98 Å². The first kappa shape index (κ1) is 16.2. The maximum atomic E-state index is 12.9. The molecule has 138 valence electrons.